The van der Waals surface area contributed by atoms with Crippen molar-refractivity contribution in [3.8, 4) is 0 Å². The molecule has 0 radical (unpaired) electrons. The van der Waals surface area contributed by atoms with Crippen LogP contribution in [0.1, 0.15) is 10.4 Å². The van der Waals surface area contributed by atoms with Crippen LogP contribution in [-0.2, 0) is 0 Å². The van der Waals surface area contributed by atoms with Crippen LogP contribution in [0.4, 0.5) is 24.5 Å². The average Bonchev–Trinajstić information content (AvgIpc) is 2.22. The number of nitrogens with one attached hydrogen (secondary N) is 1. The third-order valence-corrected chi connectivity index (χ3v) is 2.07. The Labute approximate surface area is 101 Å². The first kappa shape index (κ1) is 14.1. The Morgan fingerprint density at radius 2 is 1.78 bits per heavy atom. The Bertz CT molecular complexity index is 428. The first-order valence-corrected chi connectivity index (χ1v) is 4.89. The molecule has 0 aliphatic carbocycles. The van der Waals surface area contributed by atoms with Crippen molar-refractivity contribution < 1.29 is 23.1 Å². The fraction of sp³-hybridized carbons (Fsp3) is 0.300. The monoisotopic (exact) mass is 263 g/mol. The molecule has 1 aromatic rings. The highest BCUT2D eigenvalue weighted by Gasteiger charge is 2.38. The molecule has 0 aliphatic heterocycles. The quantitative estimate of drug-likeness (QED) is 0.596. The minimum atomic E-state index is -4.78. The fourth-order valence-electron chi connectivity index (χ4n) is 1.21. The molecule has 1 unspecified atom stereocenters. The van der Waals surface area contributed by atoms with Crippen LogP contribution in [0, 0.1) is 0 Å². The standard InChI is InChI=1S/C10H12F3N3O2/c11-10(12,13)8(17)4-16-9(18)5-1-6(14)3-7(15)2-5/h1-3,8,17H,4,14-15H2,(H,16,18). The van der Waals surface area contributed by atoms with Gasteiger partial charge in [0.05, 0.1) is 6.54 Å². The zero-order chi connectivity index (χ0) is 13.9. The number of nitrogen functional groups attached to an aromatic ring is 2. The fourth-order valence-corrected chi connectivity index (χ4v) is 1.21. The molecule has 0 bridgehead atoms. The van der Waals surface area contributed by atoms with Crippen molar-refractivity contribution in [1.29, 1.82) is 0 Å². The summed E-state index contributed by atoms with van der Waals surface area (Å²) in [6.07, 6.45) is -7.39. The van der Waals surface area contributed by atoms with Crippen LogP contribution in [0.15, 0.2) is 18.2 Å². The molecule has 1 aromatic carbocycles. The SMILES string of the molecule is Nc1cc(N)cc(C(=O)NCC(O)C(F)(F)F)c1. The lowest BCUT2D eigenvalue weighted by Gasteiger charge is -2.15. The first-order valence-electron chi connectivity index (χ1n) is 4.89. The minimum absolute atomic E-state index is 0.0295. The number of hydrogen-bond donors (Lipinski definition) is 4. The van der Waals surface area contributed by atoms with Gasteiger partial charge in [0.15, 0.2) is 6.10 Å². The number of alkyl halides is 3. The summed E-state index contributed by atoms with van der Waals surface area (Å²) in [6.45, 7) is -0.933. The number of halogens is 3. The first-order chi connectivity index (χ1) is 8.20. The number of carbonyl (C=O) groups is 1. The van der Waals surface area contributed by atoms with Crippen LogP contribution in [0.2, 0.25) is 0 Å². The van der Waals surface area contributed by atoms with Gasteiger partial charge in [-0.3, -0.25) is 4.79 Å². The van der Waals surface area contributed by atoms with Crippen molar-refractivity contribution in [2.75, 3.05) is 18.0 Å². The highest BCUT2D eigenvalue weighted by Crippen LogP contribution is 2.19. The smallest absolute Gasteiger partial charge is 0.399 e. The Morgan fingerprint density at radius 1 is 1.28 bits per heavy atom. The van der Waals surface area contributed by atoms with E-state index in [0.29, 0.717) is 0 Å². The number of amides is 1. The van der Waals surface area contributed by atoms with Crippen molar-refractivity contribution in [2.45, 2.75) is 12.3 Å². The molecule has 1 amide bonds. The van der Waals surface area contributed by atoms with Gasteiger partial charge in [0.2, 0.25) is 0 Å². The topological polar surface area (TPSA) is 101 Å². The summed E-state index contributed by atoms with van der Waals surface area (Å²) in [5, 5.41) is 10.6. The number of nitrogens with two attached hydrogens (primary N) is 2. The zero-order valence-electron chi connectivity index (χ0n) is 9.16. The van der Waals surface area contributed by atoms with E-state index in [-0.39, 0.29) is 16.9 Å². The lowest BCUT2D eigenvalue weighted by molar-refractivity contribution is -0.201. The van der Waals surface area contributed by atoms with E-state index in [1.54, 1.807) is 0 Å². The summed E-state index contributed by atoms with van der Waals surface area (Å²) in [5.41, 5.74) is 11.3. The molecule has 0 heterocycles. The molecule has 100 valence electrons. The van der Waals surface area contributed by atoms with Gasteiger partial charge in [-0.15, -0.1) is 0 Å². The van der Waals surface area contributed by atoms with E-state index >= 15 is 0 Å². The molecule has 0 spiro atoms. The Hall–Kier alpha value is -1.96. The van der Waals surface area contributed by atoms with Crippen LogP contribution < -0.4 is 16.8 Å². The van der Waals surface area contributed by atoms with Gasteiger partial charge in [-0.05, 0) is 18.2 Å². The molecule has 0 saturated heterocycles. The second-order valence-electron chi connectivity index (χ2n) is 3.66. The molecule has 1 atom stereocenters. The predicted octanol–water partition coefficient (Wildman–Crippen LogP) is 0.504. The lowest BCUT2D eigenvalue weighted by atomic mass is 10.1. The van der Waals surface area contributed by atoms with Crippen LogP contribution >= 0.6 is 0 Å². The van der Waals surface area contributed by atoms with E-state index < -0.39 is 24.7 Å². The van der Waals surface area contributed by atoms with E-state index in [4.69, 9.17) is 16.6 Å². The Balaban J connectivity index is 2.66. The second-order valence-corrected chi connectivity index (χ2v) is 3.66. The highest BCUT2D eigenvalue weighted by molar-refractivity contribution is 5.96. The van der Waals surface area contributed by atoms with Crippen molar-refractivity contribution in [3.63, 3.8) is 0 Å². The maximum absolute atomic E-state index is 12.0. The Kier molecular flexibility index (Phi) is 4.02. The van der Waals surface area contributed by atoms with E-state index in [1.165, 1.54) is 18.2 Å². The molecular formula is C10H12F3N3O2. The zero-order valence-corrected chi connectivity index (χ0v) is 9.16. The van der Waals surface area contributed by atoms with Gasteiger partial charge in [0.25, 0.3) is 5.91 Å². The van der Waals surface area contributed by atoms with E-state index in [0.717, 1.165) is 0 Å². The maximum atomic E-state index is 12.0. The molecule has 18 heavy (non-hydrogen) atoms. The maximum Gasteiger partial charge on any atom is 0.416 e. The number of aliphatic hydroxyl groups is 1. The molecule has 0 fully saturated rings. The van der Waals surface area contributed by atoms with Crippen molar-refractivity contribution in [3.05, 3.63) is 23.8 Å². The summed E-state index contributed by atoms with van der Waals surface area (Å²) in [7, 11) is 0. The number of aliphatic hydroxyl groups excluding tert-OH is 1. The number of carbonyl (C=O) groups excluding carboxylic acids is 1. The van der Waals surface area contributed by atoms with Gasteiger partial charge in [-0.25, -0.2) is 0 Å². The number of benzene rings is 1. The van der Waals surface area contributed by atoms with Crippen LogP contribution in [0.3, 0.4) is 0 Å². The lowest BCUT2D eigenvalue weighted by Crippen LogP contribution is -2.40. The Morgan fingerprint density at radius 3 is 2.22 bits per heavy atom. The molecule has 0 aromatic heterocycles. The summed E-state index contributed by atoms with van der Waals surface area (Å²) < 4.78 is 36.0. The highest BCUT2D eigenvalue weighted by atomic mass is 19.4. The van der Waals surface area contributed by atoms with E-state index in [1.807, 2.05) is 5.32 Å². The number of anilines is 2. The van der Waals surface area contributed by atoms with Crippen LogP contribution in [0.25, 0.3) is 0 Å². The normalized spacial score (nSPS) is 13.1. The van der Waals surface area contributed by atoms with Gasteiger partial charge >= 0.3 is 6.18 Å². The van der Waals surface area contributed by atoms with Crippen molar-refractivity contribution >= 4 is 17.3 Å². The molecule has 5 nitrogen and oxygen atoms in total. The van der Waals surface area contributed by atoms with Crippen molar-refractivity contribution in [1.82, 2.24) is 5.32 Å². The minimum Gasteiger partial charge on any atom is -0.399 e. The largest absolute Gasteiger partial charge is 0.416 e. The van der Waals surface area contributed by atoms with Crippen molar-refractivity contribution in [2.24, 2.45) is 0 Å². The third-order valence-electron chi connectivity index (χ3n) is 2.07. The molecule has 0 aliphatic rings. The van der Waals surface area contributed by atoms with Gasteiger partial charge in [0, 0.05) is 16.9 Å². The molecular weight excluding hydrogens is 251 g/mol. The van der Waals surface area contributed by atoms with E-state index in [9.17, 15) is 18.0 Å². The molecule has 6 N–H and O–H groups in total. The molecule has 0 saturated carbocycles. The summed E-state index contributed by atoms with van der Waals surface area (Å²) in [6, 6.07) is 3.94. The van der Waals surface area contributed by atoms with Crippen LogP contribution in [-0.4, -0.2) is 29.8 Å². The molecule has 1 rings (SSSR count). The second kappa shape index (κ2) is 5.13. The number of rotatable bonds is 3. The van der Waals surface area contributed by atoms with Gasteiger partial charge in [-0.1, -0.05) is 0 Å². The predicted molar refractivity (Wildman–Crippen MR) is 59.7 cm³/mol. The van der Waals surface area contributed by atoms with E-state index in [2.05, 4.69) is 0 Å². The number of hydrogen-bond acceptors (Lipinski definition) is 4. The van der Waals surface area contributed by atoms with Gasteiger partial charge in [-0.2, -0.15) is 13.2 Å². The summed E-state index contributed by atoms with van der Waals surface area (Å²) >= 11 is 0. The average molecular weight is 263 g/mol. The van der Waals surface area contributed by atoms with Crippen LogP contribution in [0.5, 0.6) is 0 Å². The summed E-state index contributed by atoms with van der Waals surface area (Å²) in [4.78, 5) is 11.5. The summed E-state index contributed by atoms with van der Waals surface area (Å²) in [5.74, 6) is -0.794. The third kappa shape index (κ3) is 3.81. The van der Waals surface area contributed by atoms with Gasteiger partial charge in [0.1, 0.15) is 0 Å². The van der Waals surface area contributed by atoms with Gasteiger partial charge < -0.3 is 21.9 Å². The molecule has 8 heteroatoms.